The van der Waals surface area contributed by atoms with Gasteiger partial charge in [0.1, 0.15) is 5.75 Å². The Morgan fingerprint density at radius 3 is 2.26 bits per heavy atom. The minimum Gasteiger partial charge on any atom is -0.423 e. The molecule has 0 atom stereocenters. The van der Waals surface area contributed by atoms with Gasteiger partial charge in [0.2, 0.25) is 0 Å². The van der Waals surface area contributed by atoms with Crippen LogP contribution in [0.3, 0.4) is 0 Å². The van der Waals surface area contributed by atoms with Crippen molar-refractivity contribution in [2.45, 2.75) is 13.5 Å². The lowest BCUT2D eigenvalue weighted by Gasteiger charge is -2.12. The largest absolute Gasteiger partial charge is 0.423 e. The number of amides is 2. The smallest absolute Gasteiger partial charge is 0.343 e. The van der Waals surface area contributed by atoms with Gasteiger partial charge in [-0.05, 0) is 60.2 Å². The average molecular weight is 474 g/mol. The molecular formula is C25H18N2O6S. The Hall–Kier alpha value is -4.24. The molecule has 1 fully saturated rings. The van der Waals surface area contributed by atoms with Crippen molar-refractivity contribution in [1.29, 1.82) is 0 Å². The van der Waals surface area contributed by atoms with Crippen molar-refractivity contribution in [2.24, 2.45) is 0 Å². The molecule has 4 rings (SSSR count). The number of hydrogen-bond donors (Lipinski definition) is 0. The first-order chi connectivity index (χ1) is 16.3. The van der Waals surface area contributed by atoms with E-state index in [1.807, 2.05) is 31.2 Å². The highest BCUT2D eigenvalue weighted by Crippen LogP contribution is 2.33. The first-order valence-corrected chi connectivity index (χ1v) is 11.0. The van der Waals surface area contributed by atoms with Crippen LogP contribution in [-0.2, 0) is 11.3 Å². The van der Waals surface area contributed by atoms with Crippen molar-refractivity contribution in [3.05, 3.63) is 110 Å². The minimum atomic E-state index is -0.653. The van der Waals surface area contributed by atoms with E-state index in [-0.39, 0.29) is 34.7 Å². The minimum absolute atomic E-state index is 0.121. The van der Waals surface area contributed by atoms with Crippen LogP contribution in [0.5, 0.6) is 5.75 Å². The summed E-state index contributed by atoms with van der Waals surface area (Å²) in [6, 6.07) is 19.2. The standard InChI is InChI=1S/C25H18N2O6S/c1-16-2-4-18(5-3-16)15-26-23(28)22(34-25(26)30)14-17-6-12-21(13-7-17)33-24(29)19-8-10-20(11-9-19)27(31)32/h2-14H,15H2,1H3/b22-14-. The molecule has 3 aromatic rings. The van der Waals surface area contributed by atoms with Crippen LogP contribution in [0.2, 0.25) is 0 Å². The van der Waals surface area contributed by atoms with Crippen LogP contribution >= 0.6 is 11.8 Å². The molecule has 8 nitrogen and oxygen atoms in total. The van der Waals surface area contributed by atoms with Gasteiger partial charge in [0, 0.05) is 12.1 Å². The number of aryl methyl sites for hydroxylation is 1. The van der Waals surface area contributed by atoms with E-state index in [1.165, 1.54) is 29.2 Å². The van der Waals surface area contributed by atoms with Crippen LogP contribution in [0, 0.1) is 17.0 Å². The van der Waals surface area contributed by atoms with Crippen molar-refractivity contribution in [2.75, 3.05) is 0 Å². The molecule has 0 aliphatic carbocycles. The Bertz CT molecular complexity index is 1300. The van der Waals surface area contributed by atoms with Crippen molar-refractivity contribution in [3.8, 4) is 5.75 Å². The Morgan fingerprint density at radius 1 is 1.00 bits per heavy atom. The zero-order valence-electron chi connectivity index (χ0n) is 18.0. The number of carbonyl (C=O) groups excluding carboxylic acids is 3. The summed E-state index contributed by atoms with van der Waals surface area (Å²) in [7, 11) is 0. The molecule has 0 bridgehead atoms. The van der Waals surface area contributed by atoms with E-state index in [2.05, 4.69) is 0 Å². The summed E-state index contributed by atoms with van der Waals surface area (Å²) in [5.74, 6) is -0.739. The summed E-state index contributed by atoms with van der Waals surface area (Å²) in [5.41, 5.74) is 2.69. The quantitative estimate of drug-likeness (QED) is 0.156. The highest BCUT2D eigenvalue weighted by atomic mass is 32.2. The Balaban J connectivity index is 1.41. The van der Waals surface area contributed by atoms with Crippen LogP contribution in [0.25, 0.3) is 6.08 Å². The van der Waals surface area contributed by atoms with Gasteiger partial charge >= 0.3 is 5.97 Å². The third-order valence-electron chi connectivity index (χ3n) is 5.04. The first kappa shape index (κ1) is 22.9. The molecule has 170 valence electrons. The predicted molar refractivity (Wildman–Crippen MR) is 127 cm³/mol. The number of nitrogens with zero attached hydrogens (tertiary/aromatic N) is 2. The van der Waals surface area contributed by atoms with E-state index < -0.39 is 10.9 Å². The molecule has 0 aromatic heterocycles. The number of hydrogen-bond acceptors (Lipinski definition) is 7. The molecule has 0 saturated carbocycles. The maximum Gasteiger partial charge on any atom is 0.343 e. The predicted octanol–water partition coefficient (Wildman–Crippen LogP) is 5.36. The lowest BCUT2D eigenvalue weighted by molar-refractivity contribution is -0.384. The third kappa shape index (κ3) is 5.21. The second kappa shape index (κ2) is 9.72. The van der Waals surface area contributed by atoms with Gasteiger partial charge in [-0.15, -0.1) is 0 Å². The highest BCUT2D eigenvalue weighted by molar-refractivity contribution is 8.18. The summed E-state index contributed by atoms with van der Waals surface area (Å²) >= 11 is 0.880. The Labute approximate surface area is 199 Å². The zero-order chi connectivity index (χ0) is 24.2. The molecule has 1 heterocycles. The fourth-order valence-electron chi connectivity index (χ4n) is 3.18. The van der Waals surface area contributed by atoms with E-state index in [4.69, 9.17) is 4.74 Å². The lowest BCUT2D eigenvalue weighted by Crippen LogP contribution is -2.27. The Morgan fingerprint density at radius 2 is 1.65 bits per heavy atom. The highest BCUT2D eigenvalue weighted by Gasteiger charge is 2.34. The number of benzene rings is 3. The summed E-state index contributed by atoms with van der Waals surface area (Å²) in [6.07, 6.45) is 1.61. The Kier molecular flexibility index (Phi) is 6.55. The summed E-state index contributed by atoms with van der Waals surface area (Å²) < 4.78 is 5.29. The van der Waals surface area contributed by atoms with Crippen molar-refractivity contribution < 1.29 is 24.0 Å². The maximum absolute atomic E-state index is 12.7. The number of rotatable bonds is 6. The van der Waals surface area contributed by atoms with Crippen LogP contribution < -0.4 is 4.74 Å². The van der Waals surface area contributed by atoms with Crippen LogP contribution in [0.1, 0.15) is 27.0 Å². The number of nitro benzene ring substituents is 1. The van der Waals surface area contributed by atoms with Gasteiger partial charge in [-0.25, -0.2) is 4.79 Å². The fraction of sp³-hybridized carbons (Fsp3) is 0.0800. The maximum atomic E-state index is 12.7. The van der Waals surface area contributed by atoms with Gasteiger partial charge in [-0.1, -0.05) is 42.0 Å². The molecule has 0 N–H and O–H groups in total. The number of non-ortho nitro benzene ring substituents is 1. The van der Waals surface area contributed by atoms with E-state index >= 15 is 0 Å². The van der Waals surface area contributed by atoms with Crippen LogP contribution in [0.15, 0.2) is 77.7 Å². The second-order valence-corrected chi connectivity index (χ2v) is 8.51. The number of imide groups is 1. The number of thioether (sulfide) groups is 1. The topological polar surface area (TPSA) is 107 Å². The number of carbonyl (C=O) groups is 3. The molecule has 3 aromatic carbocycles. The van der Waals surface area contributed by atoms with E-state index in [1.54, 1.807) is 30.3 Å². The molecule has 2 amide bonds. The molecule has 1 aliphatic rings. The van der Waals surface area contributed by atoms with Gasteiger partial charge in [-0.3, -0.25) is 24.6 Å². The van der Waals surface area contributed by atoms with Gasteiger partial charge in [0.15, 0.2) is 0 Å². The van der Waals surface area contributed by atoms with Gasteiger partial charge in [0.25, 0.3) is 16.8 Å². The first-order valence-electron chi connectivity index (χ1n) is 10.2. The van der Waals surface area contributed by atoms with Gasteiger partial charge in [0.05, 0.1) is 21.9 Å². The number of esters is 1. The lowest BCUT2D eigenvalue weighted by atomic mass is 10.1. The summed E-state index contributed by atoms with van der Waals surface area (Å²) in [6.45, 7) is 2.17. The molecule has 1 aliphatic heterocycles. The fourth-order valence-corrected chi connectivity index (χ4v) is 4.02. The molecule has 9 heteroatoms. The third-order valence-corrected chi connectivity index (χ3v) is 5.94. The summed E-state index contributed by atoms with van der Waals surface area (Å²) in [5, 5.41) is 10.4. The molecule has 0 spiro atoms. The SMILES string of the molecule is Cc1ccc(CN2C(=O)S/C(=C\c3ccc(OC(=O)c4ccc([N+](=O)[O-])cc4)cc3)C2=O)cc1. The van der Waals surface area contributed by atoms with Crippen LogP contribution in [0.4, 0.5) is 10.5 Å². The average Bonchev–Trinajstić information content (AvgIpc) is 3.09. The zero-order valence-corrected chi connectivity index (χ0v) is 18.8. The van der Waals surface area contributed by atoms with E-state index in [0.717, 1.165) is 22.9 Å². The van der Waals surface area contributed by atoms with E-state index in [9.17, 15) is 24.5 Å². The summed E-state index contributed by atoms with van der Waals surface area (Å²) in [4.78, 5) is 49.0. The molecular weight excluding hydrogens is 456 g/mol. The van der Waals surface area contributed by atoms with Gasteiger partial charge in [-0.2, -0.15) is 0 Å². The normalized spacial score (nSPS) is 14.5. The molecule has 0 unspecified atom stereocenters. The molecule has 1 saturated heterocycles. The number of ether oxygens (including phenoxy) is 1. The van der Waals surface area contributed by atoms with Crippen molar-refractivity contribution in [1.82, 2.24) is 4.90 Å². The monoisotopic (exact) mass is 474 g/mol. The van der Waals surface area contributed by atoms with Crippen LogP contribution in [-0.4, -0.2) is 26.9 Å². The number of nitro groups is 1. The van der Waals surface area contributed by atoms with Gasteiger partial charge < -0.3 is 4.74 Å². The molecule has 0 radical (unpaired) electrons. The van der Waals surface area contributed by atoms with Crippen molar-refractivity contribution >= 4 is 40.6 Å². The molecule has 34 heavy (non-hydrogen) atoms. The van der Waals surface area contributed by atoms with E-state index in [0.29, 0.717) is 10.5 Å². The van der Waals surface area contributed by atoms with Crippen molar-refractivity contribution in [3.63, 3.8) is 0 Å². The second-order valence-electron chi connectivity index (χ2n) is 7.52.